The largest absolute Gasteiger partial charge is 0.337 e. The molecule has 0 radical (unpaired) electrons. The molecule has 2 amide bonds. The van der Waals surface area contributed by atoms with Crippen LogP contribution in [0, 0.1) is 5.82 Å². The molecule has 0 bridgehead atoms. The lowest BCUT2D eigenvalue weighted by Gasteiger charge is -2.28. The minimum Gasteiger partial charge on any atom is -0.291 e. The first-order chi connectivity index (χ1) is 12.2. The lowest BCUT2D eigenvalue weighted by Crippen LogP contribution is -2.41. The number of carbonyl (C=O) groups excluding carboxylic acids is 1. The first kappa shape index (κ1) is 19.0. The van der Waals surface area contributed by atoms with Crippen molar-refractivity contribution in [3.8, 4) is 0 Å². The van der Waals surface area contributed by atoms with Gasteiger partial charge in [0, 0.05) is 11.9 Å². The van der Waals surface area contributed by atoms with Crippen molar-refractivity contribution in [2.45, 2.75) is 31.6 Å². The van der Waals surface area contributed by atoms with Gasteiger partial charge in [-0.1, -0.05) is 6.07 Å². The normalized spacial score (nSPS) is 19.1. The summed E-state index contributed by atoms with van der Waals surface area (Å²) in [6, 6.07) is 9.02. The Morgan fingerprint density at radius 3 is 2.58 bits per heavy atom. The van der Waals surface area contributed by atoms with Crippen LogP contribution in [0.4, 0.5) is 14.9 Å². The number of rotatable bonds is 3. The van der Waals surface area contributed by atoms with E-state index in [1.807, 2.05) is 26.8 Å². The Hall–Kier alpha value is -1.80. The van der Waals surface area contributed by atoms with E-state index in [-0.39, 0.29) is 6.54 Å². The van der Waals surface area contributed by atoms with Gasteiger partial charge in [-0.2, -0.15) is 0 Å². The van der Waals surface area contributed by atoms with Crippen molar-refractivity contribution in [1.82, 2.24) is 9.29 Å². The molecule has 3 rings (SSSR count). The van der Waals surface area contributed by atoms with Crippen LogP contribution in [0.5, 0.6) is 0 Å². The maximum atomic E-state index is 14.0. The summed E-state index contributed by atoms with van der Waals surface area (Å²) in [5.41, 5.74) is 1.07. The number of aromatic nitrogens is 1. The Morgan fingerprint density at radius 2 is 2.00 bits per heavy atom. The second kappa shape index (κ2) is 7.08. The van der Waals surface area contributed by atoms with E-state index in [9.17, 15) is 13.4 Å². The Labute approximate surface area is 162 Å². The van der Waals surface area contributed by atoms with Crippen molar-refractivity contribution in [2.75, 3.05) is 11.4 Å². The van der Waals surface area contributed by atoms with E-state index in [0.717, 1.165) is 0 Å². The van der Waals surface area contributed by atoms with E-state index < -0.39 is 33.6 Å². The molecule has 0 N–H and O–H groups in total. The van der Waals surface area contributed by atoms with Crippen LogP contribution in [-0.4, -0.2) is 30.8 Å². The number of pyridine rings is 1. The molecule has 1 saturated heterocycles. The SMILES string of the molecule is CC(C)(C)S(=O)N1C(=O)N(c2ccc(Br)c(F)c2)CC1c1ccccn1. The third kappa shape index (κ3) is 3.53. The van der Waals surface area contributed by atoms with E-state index in [1.165, 1.54) is 15.3 Å². The highest BCUT2D eigenvalue weighted by Crippen LogP contribution is 2.36. The van der Waals surface area contributed by atoms with Crippen LogP contribution in [0.25, 0.3) is 0 Å². The van der Waals surface area contributed by atoms with Crippen LogP contribution in [0.15, 0.2) is 47.1 Å². The highest BCUT2D eigenvalue weighted by molar-refractivity contribution is 9.10. The number of urea groups is 1. The Morgan fingerprint density at radius 1 is 1.27 bits per heavy atom. The fraction of sp³-hybridized carbons (Fsp3) is 0.333. The summed E-state index contributed by atoms with van der Waals surface area (Å²) >= 11 is 3.12. The molecule has 8 heteroatoms. The van der Waals surface area contributed by atoms with Gasteiger partial charge in [0.1, 0.15) is 22.8 Å². The smallest absolute Gasteiger partial charge is 0.291 e. The molecule has 5 nitrogen and oxygen atoms in total. The molecule has 1 aliphatic heterocycles. The molecule has 26 heavy (non-hydrogen) atoms. The molecule has 2 aromatic rings. The highest BCUT2D eigenvalue weighted by Gasteiger charge is 2.45. The molecule has 2 unspecified atom stereocenters. The van der Waals surface area contributed by atoms with E-state index in [4.69, 9.17) is 0 Å². The lowest BCUT2D eigenvalue weighted by atomic mass is 10.2. The molecule has 0 aliphatic carbocycles. The van der Waals surface area contributed by atoms with Crippen molar-refractivity contribution < 1.29 is 13.4 Å². The van der Waals surface area contributed by atoms with Gasteiger partial charge >= 0.3 is 6.03 Å². The average Bonchev–Trinajstić information content (AvgIpc) is 2.94. The summed E-state index contributed by atoms with van der Waals surface area (Å²) in [7, 11) is -1.58. The summed E-state index contributed by atoms with van der Waals surface area (Å²) in [6.07, 6.45) is 1.64. The molecule has 0 spiro atoms. The van der Waals surface area contributed by atoms with Crippen LogP contribution in [-0.2, 0) is 11.0 Å². The maximum Gasteiger partial charge on any atom is 0.337 e. The lowest BCUT2D eigenvalue weighted by molar-refractivity contribution is 0.235. The minimum absolute atomic E-state index is 0.249. The van der Waals surface area contributed by atoms with Crippen LogP contribution >= 0.6 is 15.9 Å². The zero-order valence-corrected chi connectivity index (χ0v) is 17.1. The molecular weight excluding hydrogens is 421 g/mol. The van der Waals surface area contributed by atoms with Gasteiger partial charge in [0.2, 0.25) is 0 Å². The first-order valence-corrected chi connectivity index (χ1v) is 9.99. The molecule has 1 aromatic carbocycles. The molecule has 138 valence electrons. The van der Waals surface area contributed by atoms with Gasteiger partial charge in [-0.25, -0.2) is 17.7 Å². The van der Waals surface area contributed by atoms with Crippen molar-refractivity contribution in [3.63, 3.8) is 0 Å². The number of amides is 2. The number of halogens is 2. The molecule has 1 fully saturated rings. The fourth-order valence-corrected chi connectivity index (χ4v) is 4.20. The number of nitrogens with zero attached hydrogens (tertiary/aromatic N) is 3. The van der Waals surface area contributed by atoms with Gasteiger partial charge in [0.15, 0.2) is 0 Å². The predicted octanol–water partition coefficient (Wildman–Crippen LogP) is 4.43. The summed E-state index contributed by atoms with van der Waals surface area (Å²) in [4.78, 5) is 18.8. The van der Waals surface area contributed by atoms with Gasteiger partial charge in [0.05, 0.1) is 21.5 Å². The number of hydrogen-bond donors (Lipinski definition) is 0. The van der Waals surface area contributed by atoms with Crippen molar-refractivity contribution in [2.24, 2.45) is 0 Å². The van der Waals surface area contributed by atoms with Gasteiger partial charge < -0.3 is 0 Å². The van der Waals surface area contributed by atoms with Gasteiger partial charge in [-0.3, -0.25) is 9.88 Å². The van der Waals surface area contributed by atoms with E-state index in [2.05, 4.69) is 20.9 Å². The van der Waals surface area contributed by atoms with Crippen molar-refractivity contribution in [1.29, 1.82) is 0 Å². The Balaban J connectivity index is 2.04. The molecule has 2 heterocycles. The fourth-order valence-electron chi connectivity index (χ4n) is 2.71. The number of anilines is 1. The number of carbonyl (C=O) groups is 1. The summed E-state index contributed by atoms with van der Waals surface area (Å²) in [5.74, 6) is -0.458. The summed E-state index contributed by atoms with van der Waals surface area (Å²) in [6.45, 7) is 5.69. The van der Waals surface area contributed by atoms with Crippen LogP contribution in [0.3, 0.4) is 0 Å². The molecule has 1 aliphatic rings. The van der Waals surface area contributed by atoms with E-state index >= 15 is 0 Å². The van der Waals surface area contributed by atoms with Crippen molar-refractivity contribution in [3.05, 3.63) is 58.6 Å². The van der Waals surface area contributed by atoms with Gasteiger partial charge in [-0.15, -0.1) is 0 Å². The Kier molecular flexibility index (Phi) is 5.16. The zero-order chi connectivity index (χ0) is 19.1. The van der Waals surface area contributed by atoms with Gasteiger partial charge in [-0.05, 0) is 67.0 Å². The third-order valence-electron chi connectivity index (χ3n) is 4.00. The molecular formula is C18H19BrFN3O2S. The van der Waals surface area contributed by atoms with Crippen LogP contribution in [0.1, 0.15) is 32.5 Å². The maximum absolute atomic E-state index is 14.0. The summed E-state index contributed by atoms with van der Waals surface area (Å²) < 4.78 is 28.0. The van der Waals surface area contributed by atoms with E-state index in [0.29, 0.717) is 15.9 Å². The van der Waals surface area contributed by atoms with Gasteiger partial charge in [0.25, 0.3) is 0 Å². The first-order valence-electron chi connectivity index (χ1n) is 8.09. The predicted molar refractivity (Wildman–Crippen MR) is 104 cm³/mol. The van der Waals surface area contributed by atoms with Crippen molar-refractivity contribution >= 4 is 38.6 Å². The zero-order valence-electron chi connectivity index (χ0n) is 14.6. The monoisotopic (exact) mass is 439 g/mol. The molecule has 2 atom stereocenters. The quantitative estimate of drug-likeness (QED) is 0.710. The average molecular weight is 440 g/mol. The topological polar surface area (TPSA) is 53.5 Å². The standard InChI is InChI=1S/C18H19BrFN3O2S/c1-18(2,3)26(25)23-16(15-6-4-5-9-21-15)11-22(17(23)24)12-7-8-13(19)14(20)10-12/h4-10,16H,11H2,1-3H3. The second-order valence-electron chi connectivity index (χ2n) is 6.95. The molecule has 1 aromatic heterocycles. The second-order valence-corrected chi connectivity index (χ2v) is 9.92. The third-order valence-corrected chi connectivity index (χ3v) is 6.46. The summed E-state index contributed by atoms with van der Waals surface area (Å²) in [5, 5.41) is 0. The number of benzene rings is 1. The van der Waals surface area contributed by atoms with E-state index in [1.54, 1.807) is 30.5 Å². The van der Waals surface area contributed by atoms with Crippen LogP contribution < -0.4 is 4.90 Å². The number of hydrogen-bond acceptors (Lipinski definition) is 3. The van der Waals surface area contributed by atoms with Crippen LogP contribution in [0.2, 0.25) is 0 Å². The minimum atomic E-state index is -1.58. The highest BCUT2D eigenvalue weighted by atomic mass is 79.9. The Bertz CT molecular complexity index is 857. The molecule has 0 saturated carbocycles.